The van der Waals surface area contributed by atoms with Crippen LogP contribution in [-0.4, -0.2) is 33.3 Å². The second kappa shape index (κ2) is 21.5. The average Bonchev–Trinajstić information content (AvgIpc) is 2.88. The Labute approximate surface area is 296 Å². The molecule has 0 aliphatic rings. The minimum Gasteiger partial charge on any atom is -0.859 e. The molecule has 4 aromatic rings. The van der Waals surface area contributed by atoms with Crippen molar-refractivity contribution < 1.29 is 36.3 Å². The van der Waals surface area contributed by atoms with E-state index in [9.17, 15) is 19.2 Å². The summed E-state index contributed by atoms with van der Waals surface area (Å²) in [5.74, 6) is 0. The second-order valence-electron chi connectivity index (χ2n) is 14.5. The van der Waals surface area contributed by atoms with Crippen LogP contribution in [0.1, 0.15) is 0 Å². The van der Waals surface area contributed by atoms with Crippen LogP contribution >= 0.6 is 7.26 Å². The number of benzene rings is 4. The minimum atomic E-state index is -1.91. The van der Waals surface area contributed by atoms with E-state index in [2.05, 4.69) is 121 Å². The molecule has 0 amide bonds. The van der Waals surface area contributed by atoms with Crippen LogP contribution in [0.2, 0.25) is 78.6 Å². The van der Waals surface area contributed by atoms with Gasteiger partial charge in [-0.25, -0.2) is 0 Å². The summed E-state index contributed by atoms with van der Waals surface area (Å²) in [4.78, 5) is 41.0. The first-order valence-corrected chi connectivity index (χ1v) is 30.8. The van der Waals surface area contributed by atoms with E-state index in [1.807, 2.05) is 0 Å². The molecule has 0 unspecified atom stereocenters. The molecular formula is C36H56FeO4PSi4. The summed E-state index contributed by atoms with van der Waals surface area (Å²) >= 11 is 0. The van der Waals surface area contributed by atoms with Crippen molar-refractivity contribution in [2.45, 2.75) is 78.6 Å². The summed E-state index contributed by atoms with van der Waals surface area (Å²) in [6, 6.07) is 43.8. The zero-order valence-electron chi connectivity index (χ0n) is 30.0. The van der Waals surface area contributed by atoms with Gasteiger partial charge < -0.3 is 19.2 Å². The molecule has 0 saturated heterocycles. The number of hydrogen-bond donors (Lipinski definition) is 0. The molecule has 0 atom stereocenters. The molecule has 1 radical (unpaired) electrons. The molecule has 4 nitrogen and oxygen atoms in total. The molecule has 0 N–H and O–H groups in total. The quantitative estimate of drug-likeness (QED) is 0.216. The Morgan fingerprint density at radius 2 is 0.413 bits per heavy atom. The van der Waals surface area contributed by atoms with E-state index >= 15 is 0 Å². The molecule has 4 aromatic carbocycles. The van der Waals surface area contributed by atoms with Gasteiger partial charge in [-0.15, -0.1) is 0 Å². The summed E-state index contributed by atoms with van der Waals surface area (Å²) in [5.41, 5.74) is 0. The van der Waals surface area contributed by atoms with E-state index in [1.165, 1.54) is 21.2 Å². The van der Waals surface area contributed by atoms with Crippen molar-refractivity contribution >= 4 is 61.8 Å². The third-order valence-electron chi connectivity index (χ3n) is 4.57. The van der Waals surface area contributed by atoms with Gasteiger partial charge in [0.15, 0.2) is 0 Å². The van der Waals surface area contributed by atoms with E-state index in [1.54, 1.807) is 78.6 Å². The maximum Gasteiger partial charge on any atom is 3.00 e. The summed E-state index contributed by atoms with van der Waals surface area (Å²) in [6.07, 6.45) is 0. The summed E-state index contributed by atoms with van der Waals surface area (Å²) in [5, 5.41) is 5.55. The van der Waals surface area contributed by atoms with Crippen molar-refractivity contribution in [3.63, 3.8) is 0 Å². The van der Waals surface area contributed by atoms with Gasteiger partial charge in [-0.1, -0.05) is 185 Å². The first-order chi connectivity index (χ1) is 20.4. The molecular weight excluding hydrogens is 696 g/mol. The van der Waals surface area contributed by atoms with Gasteiger partial charge in [-0.2, -0.15) is 0 Å². The number of hydrogen-bond acceptors (Lipinski definition) is 4. The fourth-order valence-electron chi connectivity index (χ4n) is 3.50. The predicted molar refractivity (Wildman–Crippen MR) is 205 cm³/mol. The topological polar surface area (TPSA) is 92.2 Å². The van der Waals surface area contributed by atoms with Gasteiger partial charge in [0.1, 0.15) is 28.5 Å². The minimum absolute atomic E-state index is 0. The first-order valence-electron chi connectivity index (χ1n) is 15.4. The molecule has 0 aliphatic carbocycles. The van der Waals surface area contributed by atoms with Gasteiger partial charge in [0.2, 0.25) is 0 Å². The monoisotopic (exact) mass is 751 g/mol. The Morgan fingerprint density at radius 1 is 0.304 bits per heavy atom. The van der Waals surface area contributed by atoms with Crippen LogP contribution in [-0.2, 0) is 17.1 Å². The zero-order valence-corrected chi connectivity index (χ0v) is 36.0. The Hall–Kier alpha value is -1.46. The third kappa shape index (κ3) is 24.7. The summed E-state index contributed by atoms with van der Waals surface area (Å²) in [6.45, 7) is 21.2. The molecule has 46 heavy (non-hydrogen) atoms. The van der Waals surface area contributed by atoms with Crippen LogP contribution in [0.15, 0.2) is 121 Å². The van der Waals surface area contributed by atoms with E-state index in [0.29, 0.717) is 0 Å². The Balaban J connectivity index is 0. The van der Waals surface area contributed by atoms with Gasteiger partial charge >= 0.3 is 17.1 Å². The zero-order chi connectivity index (χ0) is 35.0. The van der Waals surface area contributed by atoms with E-state index < -0.39 is 40.5 Å². The van der Waals surface area contributed by atoms with Crippen LogP contribution < -0.4 is 40.4 Å². The second-order valence-corrected chi connectivity index (χ2v) is 34.8. The van der Waals surface area contributed by atoms with Crippen molar-refractivity contribution in [3.05, 3.63) is 121 Å². The third-order valence-corrected chi connectivity index (χ3v) is 8.86. The van der Waals surface area contributed by atoms with Gasteiger partial charge in [0, 0.05) is 0 Å². The van der Waals surface area contributed by atoms with Crippen LogP contribution in [0, 0.1) is 0 Å². The summed E-state index contributed by atoms with van der Waals surface area (Å²) in [7, 11) is -9.35. The maximum atomic E-state index is 10.2. The molecule has 0 spiro atoms. The van der Waals surface area contributed by atoms with Gasteiger partial charge in [0.25, 0.3) is 0 Å². The van der Waals surface area contributed by atoms with Crippen molar-refractivity contribution in [2.75, 3.05) is 0 Å². The van der Waals surface area contributed by atoms with Crippen molar-refractivity contribution in [1.82, 2.24) is 0 Å². The fraction of sp³-hybridized carbons (Fsp3) is 0.333. The standard InChI is InChI=1S/C24H20P.4C3H9OSi.Fe/c1-5-13-21(14-6-1)25(22-15-7-2-8-16-22,23-17-9-3-10-18-23)24-19-11-4-12-20-24;4*1-5(2,3)4;/h1-20H;4*1-3H3;/q+1;4*-1;+3. The Bertz CT molecular complexity index is 1070. The fourth-order valence-corrected chi connectivity index (χ4v) is 7.77. The van der Waals surface area contributed by atoms with Crippen molar-refractivity contribution in [1.29, 1.82) is 0 Å². The van der Waals surface area contributed by atoms with Crippen molar-refractivity contribution in [3.8, 4) is 0 Å². The van der Waals surface area contributed by atoms with Crippen LogP contribution in [0.3, 0.4) is 0 Å². The van der Waals surface area contributed by atoms with Gasteiger partial charge in [0.05, 0.1) is 0 Å². The molecule has 10 heteroatoms. The van der Waals surface area contributed by atoms with Crippen LogP contribution in [0.4, 0.5) is 0 Å². The average molecular weight is 752 g/mol. The maximum absolute atomic E-state index is 10.2. The predicted octanol–water partition coefficient (Wildman–Crippen LogP) is 5.03. The smallest absolute Gasteiger partial charge is 0.859 e. The largest absolute Gasteiger partial charge is 3.00 e. The molecule has 253 valence electrons. The van der Waals surface area contributed by atoms with Gasteiger partial charge in [-0.05, 0) is 48.5 Å². The molecule has 0 aromatic heterocycles. The normalized spacial score (nSPS) is 11.3. The van der Waals surface area contributed by atoms with Crippen LogP contribution in [0.5, 0.6) is 0 Å². The van der Waals surface area contributed by atoms with Gasteiger partial charge in [-0.3, -0.25) is 0 Å². The molecule has 0 fully saturated rings. The SMILES string of the molecule is C[Si](C)(C)[O-].C[Si](C)(C)[O-].C[Si](C)(C)[O-].C[Si](C)(C)[O-].[Fe+3].c1ccc([P+](c2ccccc2)(c2ccccc2)c2ccccc2)cc1. The molecule has 0 aliphatic heterocycles. The number of rotatable bonds is 4. The Morgan fingerprint density at radius 3 is 0.522 bits per heavy atom. The molecule has 4 rings (SSSR count). The molecule has 0 heterocycles. The summed E-state index contributed by atoms with van der Waals surface area (Å²) < 4.78 is 0. The van der Waals surface area contributed by atoms with E-state index in [0.717, 1.165) is 0 Å². The molecule has 0 bridgehead atoms. The Kier molecular flexibility index (Phi) is 21.8. The molecule has 0 saturated carbocycles. The van der Waals surface area contributed by atoms with Crippen LogP contribution in [0.25, 0.3) is 0 Å². The van der Waals surface area contributed by atoms with E-state index in [-0.39, 0.29) is 17.1 Å². The first kappa shape index (κ1) is 46.7. The van der Waals surface area contributed by atoms with Crippen molar-refractivity contribution in [2.24, 2.45) is 0 Å². The van der Waals surface area contributed by atoms with E-state index in [4.69, 9.17) is 0 Å².